The van der Waals surface area contributed by atoms with Gasteiger partial charge in [0, 0.05) is 6.42 Å². The Balaban J connectivity index is 4.65. The van der Waals surface area contributed by atoms with Gasteiger partial charge in [0.15, 0.2) is 0 Å². The SMILES string of the molecule is O=C(O)CCCC(C(=O)OCC(O)CO)C(CO)OCCO. The summed E-state index contributed by atoms with van der Waals surface area (Å²) in [5.41, 5.74) is 0. The molecule has 0 aliphatic heterocycles. The van der Waals surface area contributed by atoms with Gasteiger partial charge in [0.25, 0.3) is 0 Å². The molecule has 0 rings (SSSR count). The Morgan fingerprint density at radius 3 is 2.27 bits per heavy atom. The molecular weight excluding hydrogens is 300 g/mol. The van der Waals surface area contributed by atoms with Crippen molar-refractivity contribution < 1.29 is 44.6 Å². The van der Waals surface area contributed by atoms with Crippen molar-refractivity contribution in [3.63, 3.8) is 0 Å². The average molecular weight is 324 g/mol. The van der Waals surface area contributed by atoms with E-state index in [1.165, 1.54) is 0 Å². The van der Waals surface area contributed by atoms with Gasteiger partial charge in [0.1, 0.15) is 12.7 Å². The number of hydrogen-bond acceptors (Lipinski definition) is 8. The number of carbonyl (C=O) groups excluding carboxylic acids is 1. The summed E-state index contributed by atoms with van der Waals surface area (Å²) >= 11 is 0. The Hall–Kier alpha value is -1.26. The molecule has 0 aromatic heterocycles. The van der Waals surface area contributed by atoms with Crippen molar-refractivity contribution >= 4 is 11.9 Å². The van der Waals surface area contributed by atoms with Gasteiger partial charge in [-0.2, -0.15) is 0 Å². The molecule has 0 heterocycles. The minimum absolute atomic E-state index is 0.0901. The van der Waals surface area contributed by atoms with Crippen LogP contribution in [-0.4, -0.2) is 82.7 Å². The van der Waals surface area contributed by atoms with Crippen LogP contribution >= 0.6 is 0 Å². The molecule has 0 saturated carbocycles. The minimum atomic E-state index is -1.21. The maximum atomic E-state index is 12.0. The number of aliphatic carboxylic acids is 1. The van der Waals surface area contributed by atoms with Crippen LogP contribution < -0.4 is 0 Å². The topological polar surface area (TPSA) is 154 Å². The van der Waals surface area contributed by atoms with E-state index >= 15 is 0 Å². The van der Waals surface area contributed by atoms with Gasteiger partial charge in [-0.05, 0) is 12.8 Å². The Morgan fingerprint density at radius 2 is 1.77 bits per heavy atom. The van der Waals surface area contributed by atoms with E-state index in [9.17, 15) is 14.7 Å². The summed E-state index contributed by atoms with van der Waals surface area (Å²) in [6, 6.07) is 0. The van der Waals surface area contributed by atoms with Gasteiger partial charge in [-0.25, -0.2) is 0 Å². The first-order valence-electron chi connectivity index (χ1n) is 6.96. The monoisotopic (exact) mass is 324 g/mol. The summed E-state index contributed by atoms with van der Waals surface area (Å²) in [5.74, 6) is -2.71. The number of hydrogen-bond donors (Lipinski definition) is 5. The maximum Gasteiger partial charge on any atom is 0.311 e. The van der Waals surface area contributed by atoms with Crippen molar-refractivity contribution in [1.82, 2.24) is 0 Å². The minimum Gasteiger partial charge on any atom is -0.481 e. The third-order valence-electron chi connectivity index (χ3n) is 2.89. The fourth-order valence-corrected chi connectivity index (χ4v) is 1.77. The molecule has 0 bridgehead atoms. The highest BCUT2D eigenvalue weighted by Crippen LogP contribution is 2.18. The van der Waals surface area contributed by atoms with Crippen LogP contribution in [0.5, 0.6) is 0 Å². The molecule has 22 heavy (non-hydrogen) atoms. The van der Waals surface area contributed by atoms with Crippen LogP contribution in [0.2, 0.25) is 0 Å². The predicted molar refractivity (Wildman–Crippen MR) is 72.9 cm³/mol. The second-order valence-electron chi connectivity index (χ2n) is 4.67. The average Bonchev–Trinajstić information content (AvgIpc) is 2.50. The molecule has 130 valence electrons. The van der Waals surface area contributed by atoms with Gasteiger partial charge in [0.2, 0.25) is 0 Å². The first kappa shape index (κ1) is 20.7. The summed E-state index contributed by atoms with van der Waals surface area (Å²) in [4.78, 5) is 22.5. The third-order valence-corrected chi connectivity index (χ3v) is 2.89. The standard InChI is InChI=1S/C13H24O9/c14-4-5-21-11(7-16)10(2-1-3-12(18)19)13(20)22-8-9(17)6-15/h9-11,14-17H,1-8H2,(H,18,19). The molecule has 0 amide bonds. The van der Waals surface area contributed by atoms with E-state index in [-0.39, 0.29) is 32.5 Å². The molecule has 0 aromatic carbocycles. The number of aliphatic hydroxyl groups excluding tert-OH is 4. The van der Waals surface area contributed by atoms with Gasteiger partial charge in [-0.3, -0.25) is 9.59 Å². The van der Waals surface area contributed by atoms with Gasteiger partial charge in [-0.15, -0.1) is 0 Å². The molecule has 0 aliphatic carbocycles. The highest BCUT2D eigenvalue weighted by molar-refractivity contribution is 5.73. The van der Waals surface area contributed by atoms with E-state index in [0.717, 1.165) is 0 Å². The van der Waals surface area contributed by atoms with Crippen molar-refractivity contribution in [3.05, 3.63) is 0 Å². The third kappa shape index (κ3) is 8.90. The molecule has 0 spiro atoms. The number of rotatable bonds is 13. The lowest BCUT2D eigenvalue weighted by Gasteiger charge is -2.24. The van der Waals surface area contributed by atoms with Crippen LogP contribution in [0.25, 0.3) is 0 Å². The maximum absolute atomic E-state index is 12.0. The lowest BCUT2D eigenvalue weighted by molar-refractivity contribution is -0.161. The second-order valence-corrected chi connectivity index (χ2v) is 4.67. The lowest BCUT2D eigenvalue weighted by atomic mass is 9.96. The highest BCUT2D eigenvalue weighted by atomic mass is 16.6. The summed E-state index contributed by atoms with van der Waals surface area (Å²) in [6.45, 7) is -1.87. The molecule has 0 aliphatic rings. The van der Waals surface area contributed by atoms with E-state index in [2.05, 4.69) is 0 Å². The number of ether oxygens (including phenoxy) is 2. The van der Waals surface area contributed by atoms with E-state index in [0.29, 0.717) is 0 Å². The summed E-state index contributed by atoms with van der Waals surface area (Å²) < 4.78 is 9.98. The van der Waals surface area contributed by atoms with Crippen LogP contribution in [0.4, 0.5) is 0 Å². The Bertz CT molecular complexity index is 321. The fraction of sp³-hybridized carbons (Fsp3) is 0.846. The van der Waals surface area contributed by atoms with Crippen molar-refractivity contribution in [2.45, 2.75) is 31.5 Å². The summed E-state index contributed by atoms with van der Waals surface area (Å²) in [7, 11) is 0. The van der Waals surface area contributed by atoms with Crippen molar-refractivity contribution in [2.75, 3.05) is 33.0 Å². The van der Waals surface area contributed by atoms with Gasteiger partial charge in [-0.1, -0.05) is 0 Å². The normalized spacial score (nSPS) is 15.1. The van der Waals surface area contributed by atoms with Crippen LogP contribution in [0, 0.1) is 5.92 Å². The quantitative estimate of drug-likeness (QED) is 0.245. The zero-order valence-corrected chi connectivity index (χ0v) is 12.3. The number of esters is 1. The molecule has 3 unspecified atom stereocenters. The first-order valence-corrected chi connectivity index (χ1v) is 6.96. The van der Waals surface area contributed by atoms with E-state index in [1.54, 1.807) is 0 Å². The predicted octanol–water partition coefficient (Wildman–Crippen LogP) is -1.88. The Morgan fingerprint density at radius 1 is 1.09 bits per heavy atom. The van der Waals surface area contributed by atoms with Crippen LogP contribution in [0.3, 0.4) is 0 Å². The summed E-state index contributed by atoms with van der Waals surface area (Å²) in [6.07, 6.45) is -2.02. The molecule has 0 saturated heterocycles. The van der Waals surface area contributed by atoms with Crippen LogP contribution in [-0.2, 0) is 19.1 Å². The second kappa shape index (κ2) is 12.3. The fourth-order valence-electron chi connectivity index (χ4n) is 1.77. The zero-order chi connectivity index (χ0) is 17.0. The van der Waals surface area contributed by atoms with Gasteiger partial charge in [0.05, 0.1) is 38.4 Å². The number of carboxylic acid groups (broad SMARTS) is 1. The van der Waals surface area contributed by atoms with Gasteiger partial charge < -0.3 is 35.0 Å². The van der Waals surface area contributed by atoms with Crippen LogP contribution in [0.1, 0.15) is 19.3 Å². The molecule has 9 nitrogen and oxygen atoms in total. The molecule has 9 heteroatoms. The smallest absolute Gasteiger partial charge is 0.311 e. The number of carbonyl (C=O) groups is 2. The first-order chi connectivity index (χ1) is 10.5. The highest BCUT2D eigenvalue weighted by Gasteiger charge is 2.30. The molecule has 5 N–H and O–H groups in total. The summed E-state index contributed by atoms with van der Waals surface area (Å²) in [5, 5.41) is 44.4. The van der Waals surface area contributed by atoms with Gasteiger partial charge >= 0.3 is 11.9 Å². The Labute approximate surface area is 128 Å². The Kier molecular flexibility index (Phi) is 11.6. The molecule has 0 radical (unpaired) electrons. The number of carboxylic acids is 1. The van der Waals surface area contributed by atoms with Crippen molar-refractivity contribution in [1.29, 1.82) is 0 Å². The zero-order valence-electron chi connectivity index (χ0n) is 12.3. The van der Waals surface area contributed by atoms with Crippen LogP contribution in [0.15, 0.2) is 0 Å². The largest absolute Gasteiger partial charge is 0.481 e. The molecular formula is C13H24O9. The van der Waals surface area contributed by atoms with E-state index in [4.69, 9.17) is 29.9 Å². The van der Waals surface area contributed by atoms with E-state index in [1.807, 2.05) is 0 Å². The van der Waals surface area contributed by atoms with E-state index < -0.39 is 49.9 Å². The molecule has 3 atom stereocenters. The molecule has 0 fully saturated rings. The van der Waals surface area contributed by atoms with Crippen molar-refractivity contribution in [2.24, 2.45) is 5.92 Å². The molecule has 0 aromatic rings. The van der Waals surface area contributed by atoms with Crippen molar-refractivity contribution in [3.8, 4) is 0 Å². The number of aliphatic hydroxyl groups is 4. The lowest BCUT2D eigenvalue weighted by Crippen LogP contribution is -2.37.